The number of nitrogens with zero attached hydrogens (tertiary/aromatic N) is 2. The summed E-state index contributed by atoms with van der Waals surface area (Å²) in [4.78, 5) is 14.9. The van der Waals surface area contributed by atoms with E-state index in [1.807, 2.05) is 13.8 Å². The van der Waals surface area contributed by atoms with Crippen LogP contribution in [0.5, 0.6) is 6.01 Å². The van der Waals surface area contributed by atoms with Crippen molar-refractivity contribution in [1.29, 1.82) is 0 Å². The second-order valence-corrected chi connectivity index (χ2v) is 3.29. The molecule has 0 aliphatic rings. The monoisotopic (exact) mass is 214 g/mol. The van der Waals surface area contributed by atoms with Gasteiger partial charge in [0.1, 0.15) is 0 Å². The van der Waals surface area contributed by atoms with Gasteiger partial charge in [0.25, 0.3) is 0 Å². The van der Waals surface area contributed by atoms with Gasteiger partial charge in [-0.1, -0.05) is 13.8 Å². The van der Waals surface area contributed by atoms with Gasteiger partial charge in [0.2, 0.25) is 5.95 Å². The topological polar surface area (TPSA) is 89.1 Å². The Morgan fingerprint density at radius 2 is 2.33 bits per heavy atom. The van der Waals surface area contributed by atoms with Crippen LogP contribution in [0.2, 0.25) is 0 Å². The van der Waals surface area contributed by atoms with Crippen molar-refractivity contribution >= 4 is 12.0 Å². The lowest BCUT2D eigenvalue weighted by Gasteiger charge is -2.06. The molecule has 0 spiro atoms. The third-order valence-corrected chi connectivity index (χ3v) is 1.42. The maximum atomic E-state index is 11.2. The van der Waals surface area contributed by atoms with Crippen LogP contribution in [-0.4, -0.2) is 35.0 Å². The molecule has 1 aromatic rings. The fourth-order valence-corrected chi connectivity index (χ4v) is 0.769. The number of hydrogen-bond acceptors (Lipinski definition) is 5. The van der Waals surface area contributed by atoms with E-state index in [1.54, 1.807) is 0 Å². The number of carbonyl (C=O) groups is 1. The number of methoxy groups -OCH3 is 1. The average molecular weight is 214 g/mol. The van der Waals surface area contributed by atoms with Crippen LogP contribution in [-0.2, 0) is 4.74 Å². The van der Waals surface area contributed by atoms with E-state index < -0.39 is 6.09 Å². The molecule has 0 aliphatic heterocycles. The van der Waals surface area contributed by atoms with Gasteiger partial charge in [0.15, 0.2) is 0 Å². The molecule has 1 rings (SSSR count). The number of amides is 1. The van der Waals surface area contributed by atoms with E-state index in [2.05, 4.69) is 20.5 Å². The molecule has 2 N–H and O–H groups in total. The van der Waals surface area contributed by atoms with Crippen molar-refractivity contribution in [1.82, 2.24) is 15.2 Å². The first-order valence-electron chi connectivity index (χ1n) is 4.52. The van der Waals surface area contributed by atoms with Crippen LogP contribution >= 0.6 is 0 Å². The fourth-order valence-electron chi connectivity index (χ4n) is 0.769. The number of ether oxygens (including phenoxy) is 2. The van der Waals surface area contributed by atoms with Crippen LogP contribution in [0.4, 0.5) is 10.7 Å². The van der Waals surface area contributed by atoms with E-state index in [0.717, 1.165) is 0 Å². The first-order chi connectivity index (χ1) is 7.11. The highest BCUT2D eigenvalue weighted by molar-refractivity contribution is 5.82. The van der Waals surface area contributed by atoms with Crippen molar-refractivity contribution in [3.63, 3.8) is 0 Å². The Balaban J connectivity index is 2.37. The first-order valence-corrected chi connectivity index (χ1v) is 4.52. The lowest BCUT2D eigenvalue weighted by atomic mass is 10.2. The van der Waals surface area contributed by atoms with Crippen molar-refractivity contribution in [2.75, 3.05) is 19.0 Å². The van der Waals surface area contributed by atoms with Crippen molar-refractivity contribution in [2.24, 2.45) is 5.92 Å². The molecule has 0 radical (unpaired) electrons. The second-order valence-electron chi connectivity index (χ2n) is 3.29. The quantitative estimate of drug-likeness (QED) is 0.781. The highest BCUT2D eigenvalue weighted by Crippen LogP contribution is 2.05. The van der Waals surface area contributed by atoms with Gasteiger partial charge < -0.3 is 9.47 Å². The van der Waals surface area contributed by atoms with Crippen molar-refractivity contribution in [3.05, 3.63) is 0 Å². The lowest BCUT2D eigenvalue weighted by Crippen LogP contribution is -2.17. The van der Waals surface area contributed by atoms with Crippen molar-refractivity contribution in [3.8, 4) is 6.01 Å². The number of anilines is 1. The first kappa shape index (κ1) is 11.3. The minimum Gasteiger partial charge on any atom is -0.466 e. The largest absolute Gasteiger partial charge is 0.466 e. The Bertz CT molecular complexity index is 323. The molecule has 84 valence electrons. The molecular weight excluding hydrogens is 200 g/mol. The van der Waals surface area contributed by atoms with E-state index in [4.69, 9.17) is 9.47 Å². The normalized spacial score (nSPS) is 10.1. The van der Waals surface area contributed by atoms with Gasteiger partial charge in [-0.25, -0.2) is 9.89 Å². The van der Waals surface area contributed by atoms with Gasteiger partial charge in [-0.05, 0) is 5.92 Å². The van der Waals surface area contributed by atoms with Crippen LogP contribution < -0.4 is 10.1 Å². The second kappa shape index (κ2) is 5.18. The molecule has 0 fully saturated rings. The summed E-state index contributed by atoms with van der Waals surface area (Å²) in [5.41, 5.74) is 0. The summed E-state index contributed by atoms with van der Waals surface area (Å²) in [6, 6.07) is 0.161. The Labute approximate surface area is 87.2 Å². The van der Waals surface area contributed by atoms with Crippen molar-refractivity contribution in [2.45, 2.75) is 13.8 Å². The van der Waals surface area contributed by atoms with Crippen LogP contribution in [0.15, 0.2) is 0 Å². The zero-order chi connectivity index (χ0) is 11.3. The van der Waals surface area contributed by atoms with Gasteiger partial charge in [-0.2, -0.15) is 4.98 Å². The molecule has 7 nitrogen and oxygen atoms in total. The van der Waals surface area contributed by atoms with Gasteiger partial charge in [-0.15, -0.1) is 5.10 Å². The minimum absolute atomic E-state index is 0.161. The zero-order valence-electron chi connectivity index (χ0n) is 8.90. The summed E-state index contributed by atoms with van der Waals surface area (Å²) in [6.45, 7) is 4.26. The molecule has 0 saturated heterocycles. The van der Waals surface area contributed by atoms with Gasteiger partial charge in [-0.3, -0.25) is 5.32 Å². The minimum atomic E-state index is -0.567. The highest BCUT2D eigenvalue weighted by Gasteiger charge is 2.08. The standard InChI is InChI=1S/C8H14N4O3/c1-5(2)4-15-8(13)10-6-9-7(14-3)12-11-6/h5H,4H2,1-3H3,(H2,9,10,11,12,13). The number of H-pyrrole nitrogens is 1. The molecule has 1 aromatic heterocycles. The Morgan fingerprint density at radius 3 is 2.87 bits per heavy atom. The van der Waals surface area contributed by atoms with E-state index >= 15 is 0 Å². The Morgan fingerprint density at radius 1 is 1.60 bits per heavy atom. The molecule has 15 heavy (non-hydrogen) atoms. The summed E-state index contributed by atoms with van der Waals surface area (Å²) < 4.78 is 9.60. The Hall–Kier alpha value is -1.79. The number of carbonyl (C=O) groups excluding carboxylic acids is 1. The lowest BCUT2D eigenvalue weighted by molar-refractivity contribution is 0.147. The van der Waals surface area contributed by atoms with Gasteiger partial charge in [0.05, 0.1) is 13.7 Å². The summed E-state index contributed by atoms with van der Waals surface area (Å²) in [6.07, 6.45) is -0.567. The fraction of sp³-hybridized carbons (Fsp3) is 0.625. The van der Waals surface area contributed by atoms with Gasteiger partial charge in [0, 0.05) is 0 Å². The number of nitrogens with one attached hydrogen (secondary N) is 2. The third-order valence-electron chi connectivity index (χ3n) is 1.42. The van der Waals surface area contributed by atoms with Gasteiger partial charge >= 0.3 is 12.1 Å². The molecule has 1 amide bonds. The maximum Gasteiger partial charge on any atom is 0.414 e. The molecule has 0 bridgehead atoms. The molecule has 0 atom stereocenters. The molecule has 7 heteroatoms. The van der Waals surface area contributed by atoms with Crippen LogP contribution in [0.3, 0.4) is 0 Å². The van der Waals surface area contributed by atoms with E-state index in [1.165, 1.54) is 7.11 Å². The van der Waals surface area contributed by atoms with Crippen LogP contribution in [0.1, 0.15) is 13.8 Å². The predicted molar refractivity (Wildman–Crippen MR) is 52.7 cm³/mol. The molecule has 0 aromatic carbocycles. The number of aromatic nitrogens is 3. The number of aromatic amines is 1. The Kier molecular flexibility index (Phi) is 3.90. The zero-order valence-corrected chi connectivity index (χ0v) is 8.90. The summed E-state index contributed by atoms with van der Waals surface area (Å²) in [5, 5.41) is 8.51. The molecular formula is C8H14N4O3. The predicted octanol–water partition coefficient (Wildman–Crippen LogP) is 1.02. The van der Waals surface area contributed by atoms with E-state index in [9.17, 15) is 4.79 Å². The molecule has 0 aliphatic carbocycles. The highest BCUT2D eigenvalue weighted by atomic mass is 16.5. The molecule has 1 heterocycles. The van der Waals surface area contributed by atoms with Crippen molar-refractivity contribution < 1.29 is 14.3 Å². The molecule has 0 saturated carbocycles. The summed E-state index contributed by atoms with van der Waals surface area (Å²) in [5.74, 6) is 0.487. The van der Waals surface area contributed by atoms with Crippen LogP contribution in [0.25, 0.3) is 0 Å². The summed E-state index contributed by atoms with van der Waals surface area (Å²) >= 11 is 0. The average Bonchev–Trinajstić information content (AvgIpc) is 2.62. The van der Waals surface area contributed by atoms with E-state index in [0.29, 0.717) is 12.5 Å². The number of hydrogen-bond donors (Lipinski definition) is 2. The maximum absolute atomic E-state index is 11.2. The third kappa shape index (κ3) is 3.84. The smallest absolute Gasteiger partial charge is 0.414 e. The van der Waals surface area contributed by atoms with Crippen LogP contribution in [0, 0.1) is 5.92 Å². The molecule has 0 unspecified atom stereocenters. The summed E-state index contributed by atoms with van der Waals surface area (Å²) in [7, 11) is 1.43. The number of rotatable bonds is 4. The van der Waals surface area contributed by atoms with E-state index in [-0.39, 0.29) is 12.0 Å². The SMILES string of the molecule is COc1n[nH]c(NC(=O)OCC(C)C)n1.